The van der Waals surface area contributed by atoms with E-state index in [2.05, 4.69) is 5.32 Å². The van der Waals surface area contributed by atoms with Crippen LogP contribution in [0.2, 0.25) is 5.02 Å². The molecule has 0 saturated heterocycles. The van der Waals surface area contributed by atoms with Crippen LogP contribution in [0.4, 0.5) is 18.9 Å². The summed E-state index contributed by atoms with van der Waals surface area (Å²) in [6.45, 7) is 2.74. The molecular weight excluding hydrogens is 365 g/mol. The van der Waals surface area contributed by atoms with Crippen LogP contribution in [-0.4, -0.2) is 12.5 Å². The first-order valence-electron chi connectivity index (χ1n) is 8.38. The third-order valence-electron chi connectivity index (χ3n) is 3.95. The van der Waals surface area contributed by atoms with E-state index in [9.17, 15) is 18.0 Å². The van der Waals surface area contributed by atoms with Gasteiger partial charge in [0.2, 0.25) is 0 Å². The minimum atomic E-state index is -4.61. The lowest BCUT2D eigenvalue weighted by atomic mass is 10.1. The second-order valence-electron chi connectivity index (χ2n) is 5.94. The third kappa shape index (κ3) is 5.47. The summed E-state index contributed by atoms with van der Waals surface area (Å²) in [4.78, 5) is 12.7. The number of nitrogens with one attached hydrogen (secondary N) is 1. The molecule has 0 spiro atoms. The van der Waals surface area contributed by atoms with Crippen LogP contribution in [-0.2, 0) is 11.0 Å². The zero-order chi connectivity index (χ0) is 19.2. The lowest BCUT2D eigenvalue weighted by Crippen LogP contribution is -2.87. The molecule has 0 unspecified atom stereocenters. The molecule has 0 fully saturated rings. The predicted octanol–water partition coefficient (Wildman–Crippen LogP) is 4.40. The predicted molar refractivity (Wildman–Crippen MR) is 96.0 cm³/mol. The molecule has 2 aromatic rings. The normalized spacial score (nSPS) is 12.7. The van der Waals surface area contributed by atoms with Gasteiger partial charge in [-0.2, -0.15) is 13.2 Å². The fourth-order valence-corrected chi connectivity index (χ4v) is 2.79. The van der Waals surface area contributed by atoms with Gasteiger partial charge in [-0.05, 0) is 24.6 Å². The Kier molecular flexibility index (Phi) is 7.06. The minimum absolute atomic E-state index is 0.0376. The Morgan fingerprint density at radius 3 is 2.50 bits per heavy atom. The molecule has 0 saturated carbocycles. The lowest BCUT2D eigenvalue weighted by Gasteiger charge is -2.18. The van der Waals surface area contributed by atoms with Gasteiger partial charge in [-0.3, -0.25) is 4.79 Å². The molecule has 26 heavy (non-hydrogen) atoms. The van der Waals surface area contributed by atoms with Crippen molar-refractivity contribution >= 4 is 23.2 Å². The number of carbonyl (C=O) groups is 1. The van der Waals surface area contributed by atoms with Crippen molar-refractivity contribution in [2.24, 2.45) is 0 Å². The summed E-state index contributed by atoms with van der Waals surface area (Å²) in [5, 5.41) is 4.23. The number of rotatable bonds is 7. The summed E-state index contributed by atoms with van der Waals surface area (Å²) >= 11 is 5.68. The highest BCUT2D eigenvalue weighted by atomic mass is 35.5. The summed E-state index contributed by atoms with van der Waals surface area (Å²) in [5.41, 5.74) is -0.515. The lowest BCUT2D eigenvalue weighted by molar-refractivity contribution is -0.682. The fourth-order valence-electron chi connectivity index (χ4n) is 2.61. The highest BCUT2D eigenvalue weighted by molar-refractivity contribution is 6.30. The van der Waals surface area contributed by atoms with Gasteiger partial charge >= 0.3 is 6.18 Å². The smallest absolute Gasteiger partial charge is 0.332 e. The third-order valence-corrected chi connectivity index (χ3v) is 4.18. The molecule has 0 bridgehead atoms. The second-order valence-corrected chi connectivity index (χ2v) is 6.38. The first-order chi connectivity index (χ1) is 12.3. The van der Waals surface area contributed by atoms with Crippen LogP contribution in [0.5, 0.6) is 0 Å². The molecule has 0 aliphatic rings. The van der Waals surface area contributed by atoms with Crippen molar-refractivity contribution in [3.05, 3.63) is 64.7 Å². The molecule has 0 aliphatic carbocycles. The van der Waals surface area contributed by atoms with Crippen molar-refractivity contribution in [2.75, 3.05) is 11.9 Å². The van der Waals surface area contributed by atoms with Crippen molar-refractivity contribution in [1.29, 1.82) is 0 Å². The molecule has 0 aliphatic heterocycles. The van der Waals surface area contributed by atoms with Crippen molar-refractivity contribution < 1.29 is 23.3 Å². The van der Waals surface area contributed by atoms with Gasteiger partial charge in [-0.1, -0.05) is 55.3 Å². The van der Waals surface area contributed by atoms with Crippen molar-refractivity contribution in [3.63, 3.8) is 0 Å². The van der Waals surface area contributed by atoms with Crippen LogP contribution in [0.1, 0.15) is 36.9 Å². The summed E-state index contributed by atoms with van der Waals surface area (Å²) in [6.07, 6.45) is -2.73. The molecule has 3 nitrogen and oxygen atoms in total. The molecule has 1 amide bonds. The van der Waals surface area contributed by atoms with E-state index in [0.29, 0.717) is 6.54 Å². The van der Waals surface area contributed by atoms with Crippen molar-refractivity contribution in [2.45, 2.75) is 32.0 Å². The monoisotopic (exact) mass is 385 g/mol. The Hall–Kier alpha value is -2.05. The highest BCUT2D eigenvalue weighted by Crippen LogP contribution is 2.36. The molecule has 0 radical (unpaired) electrons. The summed E-state index contributed by atoms with van der Waals surface area (Å²) in [5.74, 6) is -0.500. The van der Waals surface area contributed by atoms with Gasteiger partial charge in [-0.15, -0.1) is 0 Å². The molecule has 3 N–H and O–H groups in total. The largest absolute Gasteiger partial charge is 0.418 e. The van der Waals surface area contributed by atoms with Crippen LogP contribution >= 0.6 is 11.6 Å². The standard InChI is InChI=1S/C19H20ClF3N2O/c1-2-3-11-24-17(13-7-5-4-6-8-13)18(26)25-16-10-9-14(20)12-15(16)19(21,22)23/h4-10,12,17,24H,2-3,11H2,1H3,(H,25,26)/p+1/t17-/m0/s1. The number of carbonyl (C=O) groups excluding carboxylic acids is 1. The van der Waals surface area contributed by atoms with E-state index in [4.69, 9.17) is 11.6 Å². The number of alkyl halides is 3. The Balaban J connectivity index is 2.27. The van der Waals surface area contributed by atoms with Gasteiger partial charge in [0.1, 0.15) is 0 Å². The van der Waals surface area contributed by atoms with E-state index in [1.165, 1.54) is 12.1 Å². The topological polar surface area (TPSA) is 45.7 Å². The van der Waals surface area contributed by atoms with Gasteiger partial charge < -0.3 is 10.6 Å². The maximum absolute atomic E-state index is 13.2. The first kappa shape index (κ1) is 20.3. The fraction of sp³-hybridized carbons (Fsp3) is 0.316. The molecule has 2 aromatic carbocycles. The average molecular weight is 386 g/mol. The van der Waals surface area contributed by atoms with Gasteiger partial charge in [-0.25, -0.2) is 0 Å². The first-order valence-corrected chi connectivity index (χ1v) is 8.76. The van der Waals surface area contributed by atoms with Gasteiger partial charge in [0.25, 0.3) is 5.91 Å². The van der Waals surface area contributed by atoms with Gasteiger partial charge in [0.05, 0.1) is 17.8 Å². The number of hydrogen-bond donors (Lipinski definition) is 2. The highest BCUT2D eigenvalue weighted by Gasteiger charge is 2.35. The van der Waals surface area contributed by atoms with E-state index < -0.39 is 23.7 Å². The van der Waals surface area contributed by atoms with Crippen molar-refractivity contribution in [1.82, 2.24) is 0 Å². The maximum Gasteiger partial charge on any atom is 0.418 e. The molecule has 7 heteroatoms. The van der Waals surface area contributed by atoms with E-state index in [1.54, 1.807) is 24.3 Å². The van der Waals surface area contributed by atoms with E-state index in [0.717, 1.165) is 24.5 Å². The molecule has 2 rings (SSSR count). The second kappa shape index (κ2) is 9.05. The van der Waals surface area contributed by atoms with Crippen LogP contribution in [0.25, 0.3) is 0 Å². The molecule has 0 heterocycles. The van der Waals surface area contributed by atoms with E-state index in [-0.39, 0.29) is 10.7 Å². The SMILES string of the molecule is CCCC[NH2+][C@H](C(=O)Nc1ccc(Cl)cc1C(F)(F)F)c1ccccc1. The zero-order valence-electron chi connectivity index (χ0n) is 14.3. The molecule has 1 atom stereocenters. The quantitative estimate of drug-likeness (QED) is 0.682. The van der Waals surface area contributed by atoms with Crippen LogP contribution in [0.15, 0.2) is 48.5 Å². The number of quaternary nitrogens is 1. The number of nitrogens with two attached hydrogens (primary N) is 1. The van der Waals surface area contributed by atoms with Crippen LogP contribution in [0, 0.1) is 0 Å². The Morgan fingerprint density at radius 2 is 1.88 bits per heavy atom. The number of amides is 1. The Morgan fingerprint density at radius 1 is 1.19 bits per heavy atom. The molecule has 0 aromatic heterocycles. The molecular formula is C19H21ClF3N2O+. The van der Waals surface area contributed by atoms with E-state index in [1.807, 2.05) is 18.3 Å². The summed E-state index contributed by atoms with van der Waals surface area (Å²) in [7, 11) is 0. The average Bonchev–Trinajstić information content (AvgIpc) is 2.60. The number of hydrogen-bond acceptors (Lipinski definition) is 1. The van der Waals surface area contributed by atoms with E-state index >= 15 is 0 Å². The van der Waals surface area contributed by atoms with Gasteiger partial charge in [0, 0.05) is 10.6 Å². The number of halogens is 4. The maximum atomic E-state index is 13.2. The Bertz CT molecular complexity index is 735. The number of unbranched alkanes of at least 4 members (excludes halogenated alkanes) is 1. The molecule has 140 valence electrons. The van der Waals surface area contributed by atoms with Crippen molar-refractivity contribution in [3.8, 4) is 0 Å². The zero-order valence-corrected chi connectivity index (χ0v) is 15.1. The van der Waals surface area contributed by atoms with Crippen LogP contribution < -0.4 is 10.6 Å². The number of benzene rings is 2. The summed E-state index contributed by atoms with van der Waals surface area (Å²) < 4.78 is 39.7. The van der Waals surface area contributed by atoms with Crippen LogP contribution in [0.3, 0.4) is 0 Å². The Labute approximate surface area is 155 Å². The number of anilines is 1. The minimum Gasteiger partial charge on any atom is -0.332 e. The van der Waals surface area contributed by atoms with Gasteiger partial charge in [0.15, 0.2) is 6.04 Å². The summed E-state index contributed by atoms with van der Waals surface area (Å²) in [6, 6.07) is 11.7.